The van der Waals surface area contributed by atoms with Gasteiger partial charge in [0.25, 0.3) is 0 Å². The molecular formula is C7H11NOS. The number of ether oxygens (including phenoxy) is 1. The van der Waals surface area contributed by atoms with Gasteiger partial charge in [0, 0.05) is 18.5 Å². The van der Waals surface area contributed by atoms with Crippen LogP contribution in [0.1, 0.15) is 10.4 Å². The van der Waals surface area contributed by atoms with Gasteiger partial charge in [0.2, 0.25) is 0 Å². The highest BCUT2D eigenvalue weighted by molar-refractivity contribution is 7.10. The molecule has 0 radical (unpaired) electrons. The molecule has 1 heterocycles. The van der Waals surface area contributed by atoms with E-state index in [2.05, 4.69) is 11.4 Å². The third kappa shape index (κ3) is 1.80. The van der Waals surface area contributed by atoms with Crippen molar-refractivity contribution in [3.05, 3.63) is 21.9 Å². The maximum absolute atomic E-state index is 5.43. The van der Waals surface area contributed by atoms with Gasteiger partial charge in [-0.25, -0.2) is 0 Å². The van der Waals surface area contributed by atoms with E-state index in [4.69, 9.17) is 10.5 Å². The first kappa shape index (κ1) is 7.72. The first-order valence-corrected chi connectivity index (χ1v) is 4.00. The molecule has 0 amide bonds. The number of thiophene rings is 1. The van der Waals surface area contributed by atoms with E-state index in [0.29, 0.717) is 13.2 Å². The van der Waals surface area contributed by atoms with Crippen molar-refractivity contribution in [3.63, 3.8) is 0 Å². The molecule has 0 saturated carbocycles. The van der Waals surface area contributed by atoms with Gasteiger partial charge >= 0.3 is 0 Å². The second kappa shape index (κ2) is 3.71. The molecule has 10 heavy (non-hydrogen) atoms. The van der Waals surface area contributed by atoms with Crippen molar-refractivity contribution in [2.45, 2.75) is 13.2 Å². The van der Waals surface area contributed by atoms with Crippen LogP contribution in [0.25, 0.3) is 0 Å². The van der Waals surface area contributed by atoms with Crippen molar-refractivity contribution >= 4 is 11.3 Å². The average Bonchev–Trinajstić information content (AvgIpc) is 2.37. The molecule has 0 atom stereocenters. The summed E-state index contributed by atoms with van der Waals surface area (Å²) in [4.78, 5) is 1.24. The Morgan fingerprint density at radius 3 is 3.00 bits per heavy atom. The fraction of sp³-hybridized carbons (Fsp3) is 0.429. The van der Waals surface area contributed by atoms with E-state index in [9.17, 15) is 0 Å². The van der Waals surface area contributed by atoms with Gasteiger partial charge in [-0.15, -0.1) is 11.3 Å². The van der Waals surface area contributed by atoms with Crippen LogP contribution < -0.4 is 5.73 Å². The molecule has 1 aromatic heterocycles. The van der Waals surface area contributed by atoms with E-state index in [1.165, 1.54) is 10.4 Å². The first-order chi connectivity index (χ1) is 4.86. The predicted molar refractivity (Wildman–Crippen MR) is 42.9 cm³/mol. The van der Waals surface area contributed by atoms with Gasteiger partial charge in [-0.3, -0.25) is 0 Å². The van der Waals surface area contributed by atoms with Crippen LogP contribution in [0.2, 0.25) is 0 Å². The highest BCUT2D eigenvalue weighted by Gasteiger charge is 1.95. The molecule has 0 bridgehead atoms. The lowest BCUT2D eigenvalue weighted by atomic mass is 10.3. The molecule has 0 aliphatic carbocycles. The zero-order valence-corrected chi connectivity index (χ0v) is 6.78. The van der Waals surface area contributed by atoms with Crippen LogP contribution in [-0.4, -0.2) is 7.11 Å². The lowest BCUT2D eigenvalue weighted by Crippen LogP contribution is -1.92. The van der Waals surface area contributed by atoms with Crippen LogP contribution in [0.5, 0.6) is 0 Å². The minimum absolute atomic E-state index is 0.625. The number of rotatable bonds is 3. The zero-order chi connectivity index (χ0) is 7.40. The van der Waals surface area contributed by atoms with Crippen molar-refractivity contribution in [1.29, 1.82) is 0 Å². The minimum Gasteiger partial charge on any atom is -0.379 e. The molecule has 0 saturated heterocycles. The van der Waals surface area contributed by atoms with Gasteiger partial charge in [0.1, 0.15) is 0 Å². The predicted octanol–water partition coefficient (Wildman–Crippen LogP) is 1.35. The van der Waals surface area contributed by atoms with Crippen molar-refractivity contribution in [1.82, 2.24) is 0 Å². The smallest absolute Gasteiger partial charge is 0.0805 e. The molecule has 1 aromatic rings. The Morgan fingerprint density at radius 2 is 2.50 bits per heavy atom. The van der Waals surface area contributed by atoms with Crippen molar-refractivity contribution in [2.75, 3.05) is 7.11 Å². The van der Waals surface area contributed by atoms with Crippen LogP contribution in [0.15, 0.2) is 11.4 Å². The summed E-state index contributed by atoms with van der Waals surface area (Å²) >= 11 is 1.69. The van der Waals surface area contributed by atoms with Crippen LogP contribution in [-0.2, 0) is 17.9 Å². The van der Waals surface area contributed by atoms with Crippen molar-refractivity contribution < 1.29 is 4.74 Å². The van der Waals surface area contributed by atoms with Gasteiger partial charge in [-0.05, 0) is 17.0 Å². The topological polar surface area (TPSA) is 35.2 Å². The largest absolute Gasteiger partial charge is 0.379 e. The molecule has 0 spiro atoms. The Kier molecular flexibility index (Phi) is 2.86. The Morgan fingerprint density at radius 1 is 1.70 bits per heavy atom. The third-order valence-electron chi connectivity index (χ3n) is 1.23. The van der Waals surface area contributed by atoms with Gasteiger partial charge in [0.05, 0.1) is 6.61 Å². The van der Waals surface area contributed by atoms with E-state index >= 15 is 0 Å². The molecule has 3 heteroatoms. The van der Waals surface area contributed by atoms with E-state index in [1.807, 2.05) is 0 Å². The van der Waals surface area contributed by atoms with Gasteiger partial charge < -0.3 is 10.5 Å². The molecule has 0 aliphatic heterocycles. The molecule has 56 valence electrons. The minimum atomic E-state index is 0.625. The summed E-state index contributed by atoms with van der Waals surface area (Å²) in [7, 11) is 1.70. The zero-order valence-electron chi connectivity index (χ0n) is 5.96. The molecular weight excluding hydrogens is 146 g/mol. The number of nitrogens with two attached hydrogens (primary N) is 1. The fourth-order valence-electron chi connectivity index (χ4n) is 0.751. The third-order valence-corrected chi connectivity index (χ3v) is 2.19. The van der Waals surface area contributed by atoms with Crippen LogP contribution in [0, 0.1) is 0 Å². The molecule has 0 aromatic carbocycles. The standard InChI is InChI=1S/C7H11NOS/c1-9-4-7-2-6(3-8)5-10-7/h2,5H,3-4,8H2,1H3. The van der Waals surface area contributed by atoms with Gasteiger partial charge in [0.15, 0.2) is 0 Å². The lowest BCUT2D eigenvalue weighted by molar-refractivity contribution is 0.187. The maximum atomic E-state index is 5.43. The number of methoxy groups -OCH3 is 1. The molecule has 0 fully saturated rings. The summed E-state index contributed by atoms with van der Waals surface area (Å²) in [6, 6.07) is 2.08. The highest BCUT2D eigenvalue weighted by Crippen LogP contribution is 2.14. The Bertz CT molecular complexity index is 197. The summed E-state index contributed by atoms with van der Waals surface area (Å²) in [6.07, 6.45) is 0. The monoisotopic (exact) mass is 157 g/mol. The van der Waals surface area contributed by atoms with Crippen LogP contribution in [0.4, 0.5) is 0 Å². The number of hydrogen-bond donors (Lipinski definition) is 1. The lowest BCUT2D eigenvalue weighted by Gasteiger charge is -1.90. The Hall–Kier alpha value is -0.380. The summed E-state index contributed by atoms with van der Waals surface area (Å²) in [5.41, 5.74) is 6.62. The quantitative estimate of drug-likeness (QED) is 0.719. The van der Waals surface area contributed by atoms with Gasteiger partial charge in [-0.2, -0.15) is 0 Å². The van der Waals surface area contributed by atoms with Gasteiger partial charge in [-0.1, -0.05) is 0 Å². The first-order valence-electron chi connectivity index (χ1n) is 3.12. The van der Waals surface area contributed by atoms with Crippen molar-refractivity contribution in [2.24, 2.45) is 5.73 Å². The SMILES string of the molecule is COCc1cc(CN)cs1. The fourth-order valence-corrected chi connectivity index (χ4v) is 1.62. The molecule has 2 nitrogen and oxygen atoms in total. The normalized spacial score (nSPS) is 10.2. The number of hydrogen-bond acceptors (Lipinski definition) is 3. The van der Waals surface area contributed by atoms with E-state index in [-0.39, 0.29) is 0 Å². The van der Waals surface area contributed by atoms with Crippen LogP contribution >= 0.6 is 11.3 Å². The molecule has 0 aliphatic rings. The second-order valence-electron chi connectivity index (χ2n) is 2.06. The molecule has 1 rings (SSSR count). The summed E-state index contributed by atoms with van der Waals surface area (Å²) in [5.74, 6) is 0. The highest BCUT2D eigenvalue weighted by atomic mass is 32.1. The second-order valence-corrected chi connectivity index (χ2v) is 3.05. The Labute approximate surface area is 64.6 Å². The molecule has 0 unspecified atom stereocenters. The van der Waals surface area contributed by atoms with Crippen LogP contribution in [0.3, 0.4) is 0 Å². The molecule has 2 N–H and O–H groups in total. The van der Waals surface area contributed by atoms with Crippen molar-refractivity contribution in [3.8, 4) is 0 Å². The van der Waals surface area contributed by atoms with E-state index < -0.39 is 0 Å². The van der Waals surface area contributed by atoms with E-state index in [0.717, 1.165) is 0 Å². The summed E-state index contributed by atoms with van der Waals surface area (Å²) in [6.45, 7) is 1.32. The van der Waals surface area contributed by atoms with E-state index in [1.54, 1.807) is 18.4 Å². The summed E-state index contributed by atoms with van der Waals surface area (Å²) < 4.78 is 4.96. The summed E-state index contributed by atoms with van der Waals surface area (Å²) in [5, 5.41) is 2.06. The Balaban J connectivity index is 2.59. The maximum Gasteiger partial charge on any atom is 0.0805 e. The average molecular weight is 157 g/mol.